The largest absolute Gasteiger partial charge is 0.494 e. The monoisotopic (exact) mass is 422 g/mol. The summed E-state index contributed by atoms with van der Waals surface area (Å²) < 4.78 is 12.7. The lowest BCUT2D eigenvalue weighted by Gasteiger charge is -2.41. The summed E-state index contributed by atoms with van der Waals surface area (Å²) in [6.45, 7) is 12.7. The molecule has 168 valence electrons. The normalized spacial score (nSPS) is 18.5. The molecular formula is C27H38N2O2. The van der Waals surface area contributed by atoms with Gasteiger partial charge < -0.3 is 19.3 Å². The van der Waals surface area contributed by atoms with Gasteiger partial charge in [-0.25, -0.2) is 0 Å². The summed E-state index contributed by atoms with van der Waals surface area (Å²) in [5.41, 5.74) is 2.39. The van der Waals surface area contributed by atoms with Crippen LogP contribution in [0.4, 0.5) is 5.69 Å². The summed E-state index contributed by atoms with van der Waals surface area (Å²) in [6.07, 6.45) is 4.58. The summed E-state index contributed by atoms with van der Waals surface area (Å²) in [7, 11) is 0. The first-order valence-electron chi connectivity index (χ1n) is 12.0. The predicted octanol–water partition coefficient (Wildman–Crippen LogP) is 5.76. The predicted molar refractivity (Wildman–Crippen MR) is 128 cm³/mol. The first kappa shape index (κ1) is 22.0. The van der Waals surface area contributed by atoms with Gasteiger partial charge >= 0.3 is 0 Å². The van der Waals surface area contributed by atoms with E-state index in [4.69, 9.17) is 9.47 Å². The van der Waals surface area contributed by atoms with Gasteiger partial charge in [-0.05, 0) is 56.8 Å². The number of hydrogen-bond donors (Lipinski definition) is 0. The molecule has 0 radical (unpaired) electrons. The molecule has 1 fully saturated rings. The van der Waals surface area contributed by atoms with Crippen LogP contribution >= 0.6 is 0 Å². The van der Waals surface area contributed by atoms with E-state index >= 15 is 0 Å². The Morgan fingerprint density at radius 3 is 2.45 bits per heavy atom. The minimum atomic E-state index is -0.0430. The van der Waals surface area contributed by atoms with Crippen LogP contribution in [-0.4, -0.2) is 43.3 Å². The van der Waals surface area contributed by atoms with Crippen LogP contribution in [0.25, 0.3) is 0 Å². The molecule has 1 saturated heterocycles. The lowest BCUT2D eigenvalue weighted by Crippen LogP contribution is -2.49. The lowest BCUT2D eigenvalue weighted by atomic mass is 9.87. The van der Waals surface area contributed by atoms with E-state index < -0.39 is 0 Å². The second-order valence-corrected chi connectivity index (χ2v) is 9.49. The van der Waals surface area contributed by atoms with E-state index in [9.17, 15) is 0 Å². The topological polar surface area (TPSA) is 24.9 Å². The van der Waals surface area contributed by atoms with Gasteiger partial charge in [-0.15, -0.1) is 0 Å². The number of anilines is 1. The van der Waals surface area contributed by atoms with Crippen molar-refractivity contribution in [3.63, 3.8) is 0 Å². The zero-order valence-corrected chi connectivity index (χ0v) is 19.5. The van der Waals surface area contributed by atoms with Gasteiger partial charge in [-0.2, -0.15) is 0 Å². The van der Waals surface area contributed by atoms with Crippen molar-refractivity contribution in [2.24, 2.45) is 5.92 Å². The van der Waals surface area contributed by atoms with Crippen LogP contribution in [0.1, 0.15) is 52.0 Å². The Kier molecular flexibility index (Phi) is 7.06. The van der Waals surface area contributed by atoms with Crippen molar-refractivity contribution in [2.45, 2.75) is 58.6 Å². The number of hydrogen-bond acceptors (Lipinski definition) is 4. The third-order valence-electron chi connectivity index (χ3n) is 6.79. The maximum absolute atomic E-state index is 6.81. The van der Waals surface area contributed by atoms with E-state index in [1.807, 2.05) is 6.92 Å². The van der Waals surface area contributed by atoms with E-state index in [1.165, 1.54) is 24.2 Å². The van der Waals surface area contributed by atoms with Crippen LogP contribution < -0.4 is 14.4 Å². The SMILES string of the molecule is CCOc1ccccc1CN1CCC2(CCN(CCC(C)C)CC2)Oc2ccccc21. The second kappa shape index (κ2) is 9.95. The number of fused-ring (bicyclic) bond motifs is 1. The molecule has 0 N–H and O–H groups in total. The van der Waals surface area contributed by atoms with Gasteiger partial charge in [0, 0.05) is 38.2 Å². The van der Waals surface area contributed by atoms with Gasteiger partial charge in [-0.1, -0.05) is 44.2 Å². The summed E-state index contributed by atoms with van der Waals surface area (Å²) in [6, 6.07) is 17.0. The minimum Gasteiger partial charge on any atom is -0.494 e. The molecule has 2 aliphatic heterocycles. The lowest BCUT2D eigenvalue weighted by molar-refractivity contribution is -0.00101. The van der Waals surface area contributed by atoms with E-state index in [-0.39, 0.29) is 5.60 Å². The van der Waals surface area contributed by atoms with Gasteiger partial charge in [0.05, 0.1) is 12.3 Å². The highest BCUT2D eigenvalue weighted by atomic mass is 16.5. The number of rotatable bonds is 7. The smallest absolute Gasteiger partial charge is 0.143 e. The Bertz CT molecular complexity index is 843. The van der Waals surface area contributed by atoms with Crippen molar-refractivity contribution in [3.05, 3.63) is 54.1 Å². The fourth-order valence-electron chi connectivity index (χ4n) is 4.83. The van der Waals surface area contributed by atoms with Crippen molar-refractivity contribution < 1.29 is 9.47 Å². The fraction of sp³-hybridized carbons (Fsp3) is 0.556. The van der Waals surface area contributed by atoms with Gasteiger partial charge in [0.15, 0.2) is 0 Å². The fourth-order valence-corrected chi connectivity index (χ4v) is 4.83. The van der Waals surface area contributed by atoms with Crippen molar-refractivity contribution in [2.75, 3.05) is 37.7 Å². The highest BCUT2D eigenvalue weighted by Crippen LogP contribution is 2.41. The molecule has 4 heteroatoms. The maximum atomic E-state index is 6.81. The Labute approximate surface area is 188 Å². The second-order valence-electron chi connectivity index (χ2n) is 9.49. The molecule has 2 aromatic carbocycles. The molecular weight excluding hydrogens is 384 g/mol. The standard InChI is InChI=1S/C27H38N2O2/c1-4-30-25-11-7-5-9-23(25)21-29-20-16-27(31-26-12-8-6-10-24(26)29)14-18-28(19-15-27)17-13-22(2)3/h5-12,22H,4,13-21H2,1-3H3. The van der Waals surface area contributed by atoms with Crippen LogP contribution in [0.2, 0.25) is 0 Å². The number of nitrogens with zero attached hydrogens (tertiary/aromatic N) is 2. The molecule has 0 amide bonds. The van der Waals surface area contributed by atoms with Crippen LogP contribution in [-0.2, 0) is 6.54 Å². The van der Waals surface area contributed by atoms with E-state index in [1.54, 1.807) is 0 Å². The van der Waals surface area contributed by atoms with E-state index in [2.05, 4.69) is 72.2 Å². The molecule has 2 heterocycles. The Balaban J connectivity index is 1.50. The zero-order valence-electron chi connectivity index (χ0n) is 19.5. The Morgan fingerprint density at radius 1 is 0.968 bits per heavy atom. The summed E-state index contributed by atoms with van der Waals surface area (Å²) in [4.78, 5) is 5.11. The number of benzene rings is 2. The third kappa shape index (κ3) is 5.35. The molecule has 4 rings (SSSR count). The van der Waals surface area contributed by atoms with E-state index in [0.29, 0.717) is 6.61 Å². The molecule has 0 aliphatic carbocycles. The van der Waals surface area contributed by atoms with Crippen molar-refractivity contribution in [1.82, 2.24) is 4.90 Å². The molecule has 4 nitrogen and oxygen atoms in total. The minimum absolute atomic E-state index is 0.0430. The molecule has 0 bridgehead atoms. The molecule has 2 aliphatic rings. The van der Waals surface area contributed by atoms with E-state index in [0.717, 1.165) is 62.9 Å². The maximum Gasteiger partial charge on any atom is 0.143 e. The number of piperidine rings is 1. The number of likely N-dealkylation sites (tertiary alicyclic amines) is 1. The van der Waals surface area contributed by atoms with Gasteiger partial charge in [0.2, 0.25) is 0 Å². The first-order valence-corrected chi connectivity index (χ1v) is 12.0. The summed E-state index contributed by atoms with van der Waals surface area (Å²) >= 11 is 0. The molecule has 0 saturated carbocycles. The highest BCUT2D eigenvalue weighted by Gasteiger charge is 2.39. The number of para-hydroxylation sites is 3. The molecule has 31 heavy (non-hydrogen) atoms. The molecule has 1 spiro atoms. The average Bonchev–Trinajstić information content (AvgIpc) is 2.92. The zero-order chi connectivity index (χ0) is 21.7. The van der Waals surface area contributed by atoms with Gasteiger partial charge in [-0.3, -0.25) is 0 Å². The quantitative estimate of drug-likeness (QED) is 0.567. The molecule has 2 aromatic rings. The Morgan fingerprint density at radius 2 is 1.68 bits per heavy atom. The number of ether oxygens (including phenoxy) is 2. The van der Waals surface area contributed by atoms with Crippen LogP contribution in [0.5, 0.6) is 11.5 Å². The first-order chi connectivity index (χ1) is 15.1. The van der Waals surface area contributed by atoms with Crippen molar-refractivity contribution in [3.8, 4) is 11.5 Å². The van der Waals surface area contributed by atoms with Gasteiger partial charge in [0.1, 0.15) is 17.1 Å². The highest BCUT2D eigenvalue weighted by molar-refractivity contribution is 5.60. The third-order valence-corrected chi connectivity index (χ3v) is 6.79. The average molecular weight is 423 g/mol. The summed E-state index contributed by atoms with van der Waals surface area (Å²) in [5, 5.41) is 0. The molecule has 0 unspecified atom stereocenters. The van der Waals surface area contributed by atoms with Crippen molar-refractivity contribution in [1.29, 1.82) is 0 Å². The van der Waals surface area contributed by atoms with Crippen LogP contribution in [0.3, 0.4) is 0 Å². The van der Waals surface area contributed by atoms with Crippen LogP contribution in [0, 0.1) is 5.92 Å². The molecule has 0 atom stereocenters. The summed E-state index contributed by atoms with van der Waals surface area (Å²) in [5.74, 6) is 2.79. The molecule has 0 aromatic heterocycles. The van der Waals surface area contributed by atoms with Crippen LogP contribution in [0.15, 0.2) is 48.5 Å². The van der Waals surface area contributed by atoms with Crippen molar-refractivity contribution >= 4 is 5.69 Å². The van der Waals surface area contributed by atoms with Gasteiger partial charge in [0.25, 0.3) is 0 Å². The Hall–Kier alpha value is -2.20.